The van der Waals surface area contributed by atoms with Crippen LogP contribution in [0.25, 0.3) is 0 Å². The van der Waals surface area contributed by atoms with Crippen LogP contribution in [0.4, 0.5) is 10.1 Å². The lowest BCUT2D eigenvalue weighted by Gasteiger charge is -2.14. The second-order valence-electron chi connectivity index (χ2n) is 3.68. The molecule has 0 fully saturated rings. The molecule has 0 aliphatic rings. The van der Waals surface area contributed by atoms with Gasteiger partial charge in [0.25, 0.3) is 0 Å². The molecule has 0 aliphatic heterocycles. The number of nitrogens with one attached hydrogen (secondary N) is 1. The summed E-state index contributed by atoms with van der Waals surface area (Å²) >= 11 is 5.57. The Morgan fingerprint density at radius 3 is 2.88 bits per heavy atom. The summed E-state index contributed by atoms with van der Waals surface area (Å²) in [4.78, 5) is 11.2. The van der Waals surface area contributed by atoms with E-state index in [9.17, 15) is 9.18 Å². The molecule has 0 saturated heterocycles. The summed E-state index contributed by atoms with van der Waals surface area (Å²) in [6.07, 6.45) is 0.234. The van der Waals surface area contributed by atoms with Crippen LogP contribution in [0.1, 0.15) is 20.3 Å². The van der Waals surface area contributed by atoms with Gasteiger partial charge in [0.2, 0.25) is 0 Å². The van der Waals surface area contributed by atoms with E-state index in [0.29, 0.717) is 12.3 Å². The van der Waals surface area contributed by atoms with Gasteiger partial charge in [0.15, 0.2) is 0 Å². The van der Waals surface area contributed by atoms with Crippen molar-refractivity contribution in [2.24, 2.45) is 0 Å². The number of carbonyl (C=O) groups is 1. The molecule has 0 amide bonds. The predicted molar refractivity (Wildman–Crippen MR) is 65.7 cm³/mol. The Kier molecular flexibility index (Phi) is 5.22. The summed E-state index contributed by atoms with van der Waals surface area (Å²) in [5.41, 5.74) is 0.587. The lowest BCUT2D eigenvalue weighted by Crippen LogP contribution is -2.21. The van der Waals surface area contributed by atoms with Crippen molar-refractivity contribution in [3.8, 4) is 0 Å². The van der Waals surface area contributed by atoms with E-state index in [1.807, 2.05) is 6.92 Å². The molecule has 0 aliphatic carbocycles. The molecule has 0 heterocycles. The maximum atomic E-state index is 13.1. The summed E-state index contributed by atoms with van der Waals surface area (Å²) in [6, 6.07) is 4.29. The monoisotopic (exact) mass is 259 g/mol. The summed E-state index contributed by atoms with van der Waals surface area (Å²) in [7, 11) is 0. The lowest BCUT2D eigenvalue weighted by molar-refractivity contribution is -0.143. The molecule has 0 saturated carbocycles. The molecule has 0 aromatic heterocycles. The van der Waals surface area contributed by atoms with Crippen LogP contribution in [0.15, 0.2) is 18.2 Å². The van der Waals surface area contributed by atoms with Gasteiger partial charge in [-0.2, -0.15) is 0 Å². The van der Waals surface area contributed by atoms with Crippen molar-refractivity contribution >= 4 is 23.3 Å². The third-order valence-electron chi connectivity index (χ3n) is 2.11. The highest BCUT2D eigenvalue weighted by atomic mass is 35.5. The Morgan fingerprint density at radius 1 is 1.59 bits per heavy atom. The van der Waals surface area contributed by atoms with Gasteiger partial charge >= 0.3 is 5.97 Å². The number of anilines is 1. The average molecular weight is 260 g/mol. The van der Waals surface area contributed by atoms with Gasteiger partial charge in [-0.3, -0.25) is 4.79 Å². The standard InChI is InChI=1S/C12H15ClFNO2/c1-3-17-12(16)6-8(2)15-9-4-5-10(13)11(14)7-9/h4-5,7-8,15H,3,6H2,1-2H3. The number of ether oxygens (including phenoxy) is 1. The quantitative estimate of drug-likeness (QED) is 0.825. The molecule has 1 unspecified atom stereocenters. The fraction of sp³-hybridized carbons (Fsp3) is 0.417. The van der Waals surface area contributed by atoms with Crippen molar-refractivity contribution in [2.45, 2.75) is 26.3 Å². The minimum Gasteiger partial charge on any atom is -0.466 e. The second kappa shape index (κ2) is 6.45. The predicted octanol–water partition coefficient (Wildman–Crippen LogP) is 3.23. The molecule has 1 rings (SSSR count). The first kappa shape index (κ1) is 13.8. The minimum absolute atomic E-state index is 0.0774. The van der Waals surface area contributed by atoms with Crippen LogP contribution in [0, 0.1) is 5.82 Å². The maximum Gasteiger partial charge on any atom is 0.307 e. The van der Waals surface area contributed by atoms with Gasteiger partial charge in [0, 0.05) is 11.7 Å². The Hall–Kier alpha value is -1.29. The van der Waals surface area contributed by atoms with Gasteiger partial charge in [0.05, 0.1) is 18.1 Å². The van der Waals surface area contributed by atoms with Crippen LogP contribution in [0.2, 0.25) is 5.02 Å². The molecular formula is C12H15ClFNO2. The number of carbonyl (C=O) groups excluding carboxylic acids is 1. The van der Waals surface area contributed by atoms with E-state index in [1.165, 1.54) is 12.1 Å². The fourth-order valence-electron chi connectivity index (χ4n) is 1.39. The van der Waals surface area contributed by atoms with E-state index in [2.05, 4.69) is 5.32 Å². The molecule has 5 heteroatoms. The smallest absolute Gasteiger partial charge is 0.307 e. The Balaban J connectivity index is 2.53. The number of esters is 1. The van der Waals surface area contributed by atoms with E-state index < -0.39 is 5.82 Å². The van der Waals surface area contributed by atoms with Gasteiger partial charge in [-0.1, -0.05) is 11.6 Å². The molecule has 94 valence electrons. The van der Waals surface area contributed by atoms with Crippen LogP contribution in [0.3, 0.4) is 0 Å². The van der Waals surface area contributed by atoms with Gasteiger partial charge in [-0.15, -0.1) is 0 Å². The first-order valence-electron chi connectivity index (χ1n) is 5.40. The molecule has 0 radical (unpaired) electrons. The lowest BCUT2D eigenvalue weighted by atomic mass is 10.2. The number of hydrogen-bond acceptors (Lipinski definition) is 3. The minimum atomic E-state index is -0.486. The zero-order valence-corrected chi connectivity index (χ0v) is 10.6. The fourth-order valence-corrected chi connectivity index (χ4v) is 1.51. The van der Waals surface area contributed by atoms with Crippen molar-refractivity contribution in [3.05, 3.63) is 29.0 Å². The van der Waals surface area contributed by atoms with Crippen LogP contribution >= 0.6 is 11.6 Å². The summed E-state index contributed by atoms with van der Waals surface area (Å²) in [5.74, 6) is -0.762. The maximum absolute atomic E-state index is 13.1. The molecule has 1 aromatic rings. The summed E-state index contributed by atoms with van der Waals surface area (Å²) in [5, 5.41) is 3.08. The van der Waals surface area contributed by atoms with E-state index >= 15 is 0 Å². The van der Waals surface area contributed by atoms with Crippen molar-refractivity contribution in [3.63, 3.8) is 0 Å². The molecule has 1 aromatic carbocycles. The number of benzene rings is 1. The summed E-state index contributed by atoms with van der Waals surface area (Å²) < 4.78 is 18.0. The largest absolute Gasteiger partial charge is 0.466 e. The van der Waals surface area contributed by atoms with E-state index in [0.717, 1.165) is 0 Å². The zero-order chi connectivity index (χ0) is 12.8. The molecule has 0 spiro atoms. The van der Waals surface area contributed by atoms with E-state index in [-0.39, 0.29) is 23.5 Å². The van der Waals surface area contributed by atoms with Gasteiger partial charge in [-0.05, 0) is 32.0 Å². The number of hydrogen-bond donors (Lipinski definition) is 1. The zero-order valence-electron chi connectivity index (χ0n) is 9.80. The van der Waals surface area contributed by atoms with Crippen molar-refractivity contribution in [1.82, 2.24) is 0 Å². The Morgan fingerprint density at radius 2 is 2.29 bits per heavy atom. The second-order valence-corrected chi connectivity index (χ2v) is 4.09. The van der Waals surface area contributed by atoms with E-state index in [1.54, 1.807) is 13.0 Å². The van der Waals surface area contributed by atoms with E-state index in [4.69, 9.17) is 16.3 Å². The number of rotatable bonds is 5. The molecule has 1 N–H and O–H groups in total. The normalized spacial score (nSPS) is 12.0. The van der Waals surface area contributed by atoms with Gasteiger partial charge < -0.3 is 10.1 Å². The third-order valence-corrected chi connectivity index (χ3v) is 2.42. The van der Waals surface area contributed by atoms with Crippen LogP contribution in [-0.2, 0) is 9.53 Å². The van der Waals surface area contributed by atoms with Crippen LogP contribution < -0.4 is 5.32 Å². The third kappa shape index (κ3) is 4.61. The highest BCUT2D eigenvalue weighted by Crippen LogP contribution is 2.19. The molecule has 17 heavy (non-hydrogen) atoms. The first-order valence-corrected chi connectivity index (χ1v) is 5.78. The summed E-state index contributed by atoms with van der Waals surface area (Å²) in [6.45, 7) is 3.94. The van der Waals surface area contributed by atoms with Crippen molar-refractivity contribution < 1.29 is 13.9 Å². The highest BCUT2D eigenvalue weighted by Gasteiger charge is 2.10. The molecule has 0 bridgehead atoms. The first-order chi connectivity index (χ1) is 8.02. The molecule has 3 nitrogen and oxygen atoms in total. The Labute approximate surface area is 105 Å². The molecule has 1 atom stereocenters. The van der Waals surface area contributed by atoms with Gasteiger partial charge in [0.1, 0.15) is 5.82 Å². The molecular weight excluding hydrogens is 245 g/mol. The topological polar surface area (TPSA) is 38.3 Å². The van der Waals surface area contributed by atoms with Crippen LogP contribution in [-0.4, -0.2) is 18.6 Å². The number of halogens is 2. The SMILES string of the molecule is CCOC(=O)CC(C)Nc1ccc(Cl)c(F)c1. The van der Waals surface area contributed by atoms with Crippen LogP contribution in [0.5, 0.6) is 0 Å². The average Bonchev–Trinajstić information content (AvgIpc) is 2.23. The Bertz CT molecular complexity index is 398. The van der Waals surface area contributed by atoms with Gasteiger partial charge in [-0.25, -0.2) is 4.39 Å². The van der Waals surface area contributed by atoms with Crippen molar-refractivity contribution in [1.29, 1.82) is 0 Å². The highest BCUT2D eigenvalue weighted by molar-refractivity contribution is 6.30. The van der Waals surface area contributed by atoms with Crippen molar-refractivity contribution in [2.75, 3.05) is 11.9 Å².